The third kappa shape index (κ3) is 3.12. The number of carbonyl (C=O) groups is 1. The van der Waals surface area contributed by atoms with Crippen molar-refractivity contribution >= 4 is 11.6 Å². The van der Waals surface area contributed by atoms with Gasteiger partial charge in [-0.25, -0.2) is 0 Å². The summed E-state index contributed by atoms with van der Waals surface area (Å²) in [6, 6.07) is 14.8. The number of carbonyl (C=O) groups excluding carboxylic acids is 1. The highest BCUT2D eigenvalue weighted by Crippen LogP contribution is 2.21. The van der Waals surface area contributed by atoms with Gasteiger partial charge in [-0.15, -0.1) is 0 Å². The summed E-state index contributed by atoms with van der Waals surface area (Å²) < 4.78 is 0. The Kier molecular flexibility index (Phi) is 3.99. The molecule has 1 unspecified atom stereocenters. The number of fused-ring (bicyclic) bond motifs is 1. The van der Waals surface area contributed by atoms with E-state index in [2.05, 4.69) is 10.6 Å². The van der Waals surface area contributed by atoms with Crippen LogP contribution in [0.15, 0.2) is 48.5 Å². The fourth-order valence-corrected chi connectivity index (χ4v) is 2.56. The number of benzene rings is 2. The van der Waals surface area contributed by atoms with Gasteiger partial charge < -0.3 is 15.7 Å². The Labute approximate surface area is 123 Å². The van der Waals surface area contributed by atoms with Crippen molar-refractivity contribution in [3.63, 3.8) is 0 Å². The van der Waals surface area contributed by atoms with E-state index in [4.69, 9.17) is 0 Å². The second kappa shape index (κ2) is 6.08. The Bertz CT molecular complexity index is 640. The van der Waals surface area contributed by atoms with Crippen molar-refractivity contribution in [3.05, 3.63) is 65.2 Å². The van der Waals surface area contributed by atoms with E-state index in [1.165, 1.54) is 11.1 Å². The summed E-state index contributed by atoms with van der Waals surface area (Å²) >= 11 is 0. The first-order valence-electron chi connectivity index (χ1n) is 7.10. The number of hydrogen-bond acceptors (Lipinski definition) is 3. The third-order valence-electron chi connectivity index (χ3n) is 3.72. The van der Waals surface area contributed by atoms with E-state index in [9.17, 15) is 9.90 Å². The van der Waals surface area contributed by atoms with E-state index < -0.39 is 12.0 Å². The fraction of sp³-hybridized carbons (Fsp3) is 0.235. The second-order valence-electron chi connectivity index (χ2n) is 5.21. The smallest absolute Gasteiger partial charge is 0.257 e. The number of rotatable bonds is 3. The van der Waals surface area contributed by atoms with Crippen LogP contribution < -0.4 is 10.6 Å². The van der Waals surface area contributed by atoms with Crippen molar-refractivity contribution in [1.29, 1.82) is 0 Å². The van der Waals surface area contributed by atoms with Gasteiger partial charge in [0.2, 0.25) is 0 Å². The van der Waals surface area contributed by atoms with E-state index in [1.807, 2.05) is 24.3 Å². The number of aliphatic hydroxyl groups excluding tert-OH is 1. The van der Waals surface area contributed by atoms with Gasteiger partial charge in [0.05, 0.1) is 0 Å². The van der Waals surface area contributed by atoms with Crippen LogP contribution in [0.1, 0.15) is 22.8 Å². The largest absolute Gasteiger partial charge is 0.378 e. The summed E-state index contributed by atoms with van der Waals surface area (Å²) in [7, 11) is 0. The molecule has 0 aromatic heterocycles. The first-order chi connectivity index (χ1) is 10.2. The molecule has 108 valence electrons. The van der Waals surface area contributed by atoms with Gasteiger partial charge in [-0.2, -0.15) is 0 Å². The quantitative estimate of drug-likeness (QED) is 0.807. The average Bonchev–Trinajstić information content (AvgIpc) is 2.55. The van der Waals surface area contributed by atoms with Crippen LogP contribution in [-0.4, -0.2) is 17.6 Å². The molecule has 0 fully saturated rings. The second-order valence-corrected chi connectivity index (χ2v) is 5.21. The first-order valence-corrected chi connectivity index (χ1v) is 7.10. The van der Waals surface area contributed by atoms with Gasteiger partial charge in [0, 0.05) is 12.2 Å². The number of amides is 1. The van der Waals surface area contributed by atoms with Crippen molar-refractivity contribution in [2.75, 3.05) is 11.9 Å². The standard InChI is InChI=1S/C17H18N2O2/c20-16(13-4-2-1-3-5-13)17(21)19-15-7-6-12-8-9-18-11-14(12)10-15/h1-7,10,16,18,20H,8-9,11H2,(H,19,21). The predicted octanol–water partition coefficient (Wildman–Crippen LogP) is 2.00. The normalized spacial score (nSPS) is 15.1. The molecule has 0 saturated heterocycles. The molecule has 0 saturated carbocycles. The monoisotopic (exact) mass is 282 g/mol. The number of nitrogens with one attached hydrogen (secondary N) is 2. The molecule has 2 aromatic carbocycles. The van der Waals surface area contributed by atoms with E-state index in [0.29, 0.717) is 5.56 Å². The fourth-order valence-electron chi connectivity index (χ4n) is 2.56. The summed E-state index contributed by atoms with van der Waals surface area (Å²) in [5.41, 5.74) is 3.83. The van der Waals surface area contributed by atoms with Gasteiger partial charge in [0.1, 0.15) is 0 Å². The van der Waals surface area contributed by atoms with E-state index in [1.54, 1.807) is 24.3 Å². The van der Waals surface area contributed by atoms with Crippen molar-refractivity contribution in [3.8, 4) is 0 Å². The van der Waals surface area contributed by atoms with Crippen LogP contribution in [0.3, 0.4) is 0 Å². The molecule has 0 bridgehead atoms. The Morgan fingerprint density at radius 2 is 1.95 bits per heavy atom. The molecule has 0 aliphatic carbocycles. The summed E-state index contributed by atoms with van der Waals surface area (Å²) in [5.74, 6) is -0.412. The lowest BCUT2D eigenvalue weighted by Gasteiger charge is -2.18. The minimum atomic E-state index is -1.15. The Hall–Kier alpha value is -2.17. The van der Waals surface area contributed by atoms with Gasteiger partial charge in [-0.05, 0) is 41.8 Å². The molecular formula is C17H18N2O2. The molecule has 1 amide bonds. The molecule has 1 aliphatic heterocycles. The zero-order valence-corrected chi connectivity index (χ0v) is 11.7. The highest BCUT2D eigenvalue weighted by molar-refractivity contribution is 5.94. The van der Waals surface area contributed by atoms with Crippen molar-refractivity contribution in [2.45, 2.75) is 19.1 Å². The van der Waals surface area contributed by atoms with Crippen LogP contribution in [0.25, 0.3) is 0 Å². The summed E-state index contributed by atoms with van der Waals surface area (Å²) in [6.45, 7) is 1.81. The van der Waals surface area contributed by atoms with Crippen LogP contribution in [0.2, 0.25) is 0 Å². The van der Waals surface area contributed by atoms with Gasteiger partial charge in [0.15, 0.2) is 6.10 Å². The number of anilines is 1. The Morgan fingerprint density at radius 1 is 1.14 bits per heavy atom. The topological polar surface area (TPSA) is 61.4 Å². The molecule has 1 atom stereocenters. The van der Waals surface area contributed by atoms with Crippen molar-refractivity contribution < 1.29 is 9.90 Å². The lowest BCUT2D eigenvalue weighted by atomic mass is 10.0. The van der Waals surface area contributed by atoms with E-state index in [0.717, 1.165) is 25.2 Å². The molecule has 4 heteroatoms. The number of aliphatic hydroxyl groups is 1. The lowest BCUT2D eigenvalue weighted by molar-refractivity contribution is -0.124. The molecule has 21 heavy (non-hydrogen) atoms. The summed E-state index contributed by atoms with van der Waals surface area (Å²) in [4.78, 5) is 12.1. The minimum absolute atomic E-state index is 0.412. The highest BCUT2D eigenvalue weighted by Gasteiger charge is 2.17. The maximum absolute atomic E-state index is 12.1. The summed E-state index contributed by atoms with van der Waals surface area (Å²) in [6.07, 6.45) is -0.142. The third-order valence-corrected chi connectivity index (χ3v) is 3.72. The van der Waals surface area contributed by atoms with Crippen LogP contribution >= 0.6 is 0 Å². The van der Waals surface area contributed by atoms with Gasteiger partial charge in [0.25, 0.3) is 5.91 Å². The minimum Gasteiger partial charge on any atom is -0.378 e. The maximum Gasteiger partial charge on any atom is 0.257 e. The van der Waals surface area contributed by atoms with Gasteiger partial charge in [-0.1, -0.05) is 36.4 Å². The van der Waals surface area contributed by atoms with E-state index in [-0.39, 0.29) is 0 Å². The predicted molar refractivity (Wildman–Crippen MR) is 81.9 cm³/mol. The van der Waals surface area contributed by atoms with Crippen LogP contribution in [0, 0.1) is 0 Å². The average molecular weight is 282 g/mol. The van der Waals surface area contributed by atoms with Gasteiger partial charge >= 0.3 is 0 Å². The molecule has 4 nitrogen and oxygen atoms in total. The van der Waals surface area contributed by atoms with Crippen LogP contribution in [-0.2, 0) is 17.8 Å². The highest BCUT2D eigenvalue weighted by atomic mass is 16.3. The first kappa shape index (κ1) is 13.8. The molecule has 1 aliphatic rings. The molecule has 0 radical (unpaired) electrons. The number of hydrogen-bond donors (Lipinski definition) is 3. The molecule has 3 rings (SSSR count). The zero-order valence-electron chi connectivity index (χ0n) is 11.7. The SMILES string of the molecule is O=C(Nc1ccc2c(c1)CNCC2)C(O)c1ccccc1. The zero-order chi connectivity index (χ0) is 14.7. The maximum atomic E-state index is 12.1. The molecule has 1 heterocycles. The van der Waals surface area contributed by atoms with Gasteiger partial charge in [-0.3, -0.25) is 4.79 Å². The molecule has 0 spiro atoms. The molecule has 2 aromatic rings. The Balaban J connectivity index is 1.73. The Morgan fingerprint density at radius 3 is 2.76 bits per heavy atom. The molecular weight excluding hydrogens is 264 g/mol. The van der Waals surface area contributed by atoms with Crippen LogP contribution in [0.5, 0.6) is 0 Å². The summed E-state index contributed by atoms with van der Waals surface area (Å²) in [5, 5.41) is 16.1. The van der Waals surface area contributed by atoms with Crippen molar-refractivity contribution in [2.24, 2.45) is 0 Å². The molecule has 3 N–H and O–H groups in total. The lowest BCUT2D eigenvalue weighted by Crippen LogP contribution is -2.24. The van der Waals surface area contributed by atoms with E-state index >= 15 is 0 Å². The van der Waals surface area contributed by atoms with Crippen LogP contribution in [0.4, 0.5) is 5.69 Å². The van der Waals surface area contributed by atoms with Crippen molar-refractivity contribution in [1.82, 2.24) is 5.32 Å².